The molecular formula is C69H109N15O16. The molecule has 12 amide bonds. The number of carbonyl (C=O) groups is 13. The number of nitrogens with one attached hydrogen (secondary N) is 13. The predicted molar refractivity (Wildman–Crippen MR) is 373 cm³/mol. The summed E-state index contributed by atoms with van der Waals surface area (Å²) >= 11 is 0. The van der Waals surface area contributed by atoms with E-state index < -0.39 is 181 Å². The molecule has 20 N–H and O–H groups in total. The van der Waals surface area contributed by atoms with Crippen LogP contribution in [0.5, 0.6) is 0 Å². The van der Waals surface area contributed by atoms with Crippen LogP contribution < -0.4 is 75.3 Å². The van der Waals surface area contributed by atoms with Gasteiger partial charge in [0.25, 0.3) is 0 Å². The second-order valence-corrected chi connectivity index (χ2v) is 26.4. The summed E-state index contributed by atoms with van der Waals surface area (Å²) < 4.78 is 0. The molecule has 0 saturated carbocycles. The van der Waals surface area contributed by atoms with E-state index >= 15 is 0 Å². The van der Waals surface area contributed by atoms with Crippen LogP contribution in [0.2, 0.25) is 0 Å². The first-order valence-corrected chi connectivity index (χ1v) is 34.4. The largest absolute Gasteiger partial charge is 0.480 e. The molecule has 31 heteroatoms. The van der Waals surface area contributed by atoms with Gasteiger partial charge in [0.1, 0.15) is 60.4 Å². The van der Waals surface area contributed by atoms with Crippen LogP contribution in [0.4, 0.5) is 0 Å². The van der Waals surface area contributed by atoms with Crippen molar-refractivity contribution >= 4 is 87.8 Å². The third kappa shape index (κ3) is 28.3. The van der Waals surface area contributed by atoms with E-state index in [1.54, 1.807) is 104 Å². The number of carbonyl (C=O) groups excluding carboxylic acids is 12. The van der Waals surface area contributed by atoms with Gasteiger partial charge < -0.3 is 95.6 Å². The summed E-state index contributed by atoms with van der Waals surface area (Å²) in [7, 11) is 0. The number of benzene rings is 2. The van der Waals surface area contributed by atoms with E-state index in [1.807, 2.05) is 26.0 Å². The minimum atomic E-state index is -1.76. The van der Waals surface area contributed by atoms with Crippen molar-refractivity contribution < 1.29 is 77.6 Å². The molecule has 0 aliphatic heterocycles. The monoisotopic (exact) mass is 1400 g/mol. The molecule has 31 nitrogen and oxygen atoms in total. The number of H-pyrrole nitrogens is 1. The molecule has 3 aromatic rings. The summed E-state index contributed by atoms with van der Waals surface area (Å²) in [4.78, 5) is 180. The Morgan fingerprint density at radius 1 is 0.450 bits per heavy atom. The minimum absolute atomic E-state index is 0.00172. The van der Waals surface area contributed by atoms with E-state index in [9.17, 15) is 77.6 Å². The zero-order chi connectivity index (χ0) is 74.9. The summed E-state index contributed by atoms with van der Waals surface area (Å²) in [6.45, 7) is 15.8. The Morgan fingerprint density at radius 3 is 1.43 bits per heavy atom. The molecule has 0 aliphatic rings. The molecule has 14 atom stereocenters. The number of amides is 12. The Bertz CT molecular complexity index is 3200. The summed E-state index contributed by atoms with van der Waals surface area (Å²) in [5.41, 5.74) is 14.0. The van der Waals surface area contributed by atoms with E-state index in [1.165, 1.54) is 6.92 Å². The highest BCUT2D eigenvalue weighted by Crippen LogP contribution is 2.21. The number of aliphatic carboxylic acids is 1. The van der Waals surface area contributed by atoms with E-state index in [0.29, 0.717) is 36.6 Å². The van der Waals surface area contributed by atoms with Gasteiger partial charge in [0.05, 0.1) is 32.3 Å². The lowest BCUT2D eigenvalue weighted by Gasteiger charge is -2.28. The fourth-order valence-electron chi connectivity index (χ4n) is 10.6. The Balaban J connectivity index is 1.79. The summed E-state index contributed by atoms with van der Waals surface area (Å²) in [5.74, 6) is -13.0. The lowest BCUT2D eigenvalue weighted by atomic mass is 9.96. The van der Waals surface area contributed by atoms with Gasteiger partial charge in [-0.3, -0.25) is 57.5 Å². The number of aliphatic hydroxyl groups is 2. The molecule has 3 rings (SSSR count). The summed E-state index contributed by atoms with van der Waals surface area (Å²) in [6, 6.07) is 1.39. The number of aliphatic hydroxyl groups excluding tert-OH is 2. The number of aromatic nitrogens is 1. The zero-order valence-electron chi connectivity index (χ0n) is 59.4. The van der Waals surface area contributed by atoms with Gasteiger partial charge >= 0.3 is 5.97 Å². The van der Waals surface area contributed by atoms with Crippen LogP contribution in [-0.2, 0) is 75.2 Å². The fourth-order valence-corrected chi connectivity index (χ4v) is 10.6. The number of aromatic amines is 1. The summed E-state index contributed by atoms with van der Waals surface area (Å²) in [6.07, 6.45) is 3.75. The van der Waals surface area contributed by atoms with E-state index in [-0.39, 0.29) is 62.8 Å². The van der Waals surface area contributed by atoms with Gasteiger partial charge in [0, 0.05) is 29.9 Å². The maximum Gasteiger partial charge on any atom is 0.326 e. The number of hydrogen-bond donors (Lipinski definition) is 18. The van der Waals surface area contributed by atoms with Crippen LogP contribution in [0.1, 0.15) is 139 Å². The topological polar surface area (TPSA) is 495 Å². The highest BCUT2D eigenvalue weighted by atomic mass is 16.4. The Labute approximate surface area is 584 Å². The second kappa shape index (κ2) is 43.5. The van der Waals surface area contributed by atoms with Crippen molar-refractivity contribution in [2.24, 2.45) is 41.1 Å². The van der Waals surface area contributed by atoms with Crippen molar-refractivity contribution in [1.29, 1.82) is 0 Å². The molecule has 0 fully saturated rings. The number of fused-ring (bicyclic) bond motifs is 1. The molecule has 0 unspecified atom stereocenters. The molecule has 1 aromatic heterocycles. The van der Waals surface area contributed by atoms with Crippen molar-refractivity contribution in [2.45, 2.75) is 207 Å². The number of carboxylic acid groups (broad SMARTS) is 1. The predicted octanol–water partition coefficient (Wildman–Crippen LogP) is -1.19. The number of para-hydroxylation sites is 1. The number of rotatable bonds is 45. The highest BCUT2D eigenvalue weighted by molar-refractivity contribution is 5.99. The maximum absolute atomic E-state index is 14.7. The van der Waals surface area contributed by atoms with Crippen molar-refractivity contribution in [1.82, 2.24) is 68.8 Å². The number of unbranched alkanes of at least 4 members (excludes halogenated alkanes) is 1. The second-order valence-electron chi connectivity index (χ2n) is 26.4. The van der Waals surface area contributed by atoms with Gasteiger partial charge in [0.2, 0.25) is 70.9 Å². The fraction of sp³-hybridized carbons (Fsp3) is 0.609. The molecule has 1 heterocycles. The van der Waals surface area contributed by atoms with Crippen molar-refractivity contribution in [3.63, 3.8) is 0 Å². The van der Waals surface area contributed by atoms with E-state index in [2.05, 4.69) is 68.8 Å². The number of hydrogen-bond acceptors (Lipinski definition) is 17. The van der Waals surface area contributed by atoms with Crippen LogP contribution in [0.25, 0.3) is 10.9 Å². The third-order valence-corrected chi connectivity index (χ3v) is 17.3. The average Bonchev–Trinajstić information content (AvgIpc) is 1.63. The first-order valence-electron chi connectivity index (χ1n) is 34.4. The van der Waals surface area contributed by atoms with Crippen molar-refractivity contribution in [3.05, 3.63) is 71.9 Å². The molecule has 2 aromatic carbocycles. The summed E-state index contributed by atoms with van der Waals surface area (Å²) in [5, 5.41) is 61.4. The molecule has 0 aliphatic carbocycles. The van der Waals surface area contributed by atoms with Crippen LogP contribution in [-0.4, -0.2) is 196 Å². The van der Waals surface area contributed by atoms with Gasteiger partial charge in [0.15, 0.2) is 0 Å². The maximum atomic E-state index is 14.7. The molecule has 556 valence electrons. The van der Waals surface area contributed by atoms with Gasteiger partial charge in [-0.05, 0) is 92.4 Å². The van der Waals surface area contributed by atoms with Crippen molar-refractivity contribution in [2.75, 3.05) is 32.8 Å². The molecule has 0 bridgehead atoms. The molecule has 0 radical (unpaired) electrons. The van der Waals surface area contributed by atoms with E-state index in [4.69, 9.17) is 11.5 Å². The van der Waals surface area contributed by atoms with Gasteiger partial charge in [-0.25, -0.2) is 4.79 Å². The number of nitrogens with two attached hydrogens (primary N) is 2. The van der Waals surface area contributed by atoms with Crippen LogP contribution in [0.15, 0.2) is 60.8 Å². The normalized spacial score (nSPS) is 15.5. The average molecular weight is 1400 g/mol. The Kier molecular flexibility index (Phi) is 37.0. The van der Waals surface area contributed by atoms with Gasteiger partial charge in [-0.2, -0.15) is 0 Å². The van der Waals surface area contributed by atoms with Crippen molar-refractivity contribution in [3.8, 4) is 0 Å². The Hall–Kier alpha value is -9.07. The van der Waals surface area contributed by atoms with Crippen LogP contribution >= 0.6 is 0 Å². The standard InChI is InChI=1S/C69H109N15O16/c1-12-39(8)56(71)66(96)78-49(30-43-22-16-15-17-23-43)61(91)74-33-54(87)75-42(11)59(89)84-58(41(10)14-3)68(98)79-50(31-44-32-72-46-25-19-18-24-45(44)46)63(93)76-47(26-20-21-27-70)60(90)73-34-55(88)83-57(40(9)13-2)67(97)82-53(36-86)65(95)81-52(35-85)64(94)77-48(28-37(4)5)62(92)80-51(69(99)100)29-38(6)7/h15-19,22-25,32,37-42,47-53,56-58,72,85-86H,12-14,20-21,26-31,33-36,70-71H2,1-11H3,(H,73,90)(H,74,91)(H,75,87)(H,76,93)(H,77,94)(H,78,96)(H,79,98)(H,80,92)(H,81,95)(H,82,97)(H,83,88)(H,84,89)(H,99,100)/t39-,40-,41-,42-,47-,48-,49-,50-,51-,52-,53-,56-,57-,58-/m0/s1. The lowest BCUT2D eigenvalue weighted by molar-refractivity contribution is -0.143. The first-order chi connectivity index (χ1) is 47.3. The SMILES string of the molecule is CC[C@H](C)[C@H](N)C(=O)N[C@@H](Cc1ccccc1)C(=O)NCC(=O)N[C@@H](C)C(=O)N[C@H](C(=O)N[C@@H](Cc1c[nH]c2ccccc12)C(=O)N[C@@H](CCCCN)C(=O)NCC(=O)N[C@H](C(=O)N[C@@H](CO)C(=O)N[C@@H](CO)C(=O)N[C@@H](CC(C)C)C(=O)N[C@@H](CC(C)C)C(=O)O)[C@@H](C)CC)[C@@H](C)CC. The smallest absolute Gasteiger partial charge is 0.326 e. The van der Waals surface area contributed by atoms with Gasteiger partial charge in [-0.15, -0.1) is 0 Å². The quantitative estimate of drug-likeness (QED) is 0.0296. The third-order valence-electron chi connectivity index (χ3n) is 17.3. The molecule has 100 heavy (non-hydrogen) atoms. The zero-order valence-corrected chi connectivity index (χ0v) is 59.4. The lowest BCUT2D eigenvalue weighted by Crippen LogP contribution is -2.61. The molecule has 0 spiro atoms. The Morgan fingerprint density at radius 2 is 0.890 bits per heavy atom. The van der Waals surface area contributed by atoms with Crippen LogP contribution in [0, 0.1) is 29.6 Å². The van der Waals surface area contributed by atoms with E-state index in [0.717, 1.165) is 11.1 Å². The highest BCUT2D eigenvalue weighted by Gasteiger charge is 2.37. The minimum Gasteiger partial charge on any atom is -0.480 e. The number of carboxylic acids is 1. The molecule has 0 saturated heterocycles. The van der Waals surface area contributed by atoms with Crippen LogP contribution in [0.3, 0.4) is 0 Å². The molecular weight excluding hydrogens is 1290 g/mol. The van der Waals surface area contributed by atoms with Gasteiger partial charge in [-0.1, -0.05) is 137 Å². The first kappa shape index (κ1) is 85.2.